The van der Waals surface area contributed by atoms with Crippen LogP contribution in [0, 0.1) is 0 Å². The SMILES string of the molecule is CCCc1ccc(CCl)c(OC)c1.c1ccncc1. The van der Waals surface area contributed by atoms with E-state index in [1.54, 1.807) is 19.5 Å². The molecule has 0 saturated carbocycles. The molecule has 0 fully saturated rings. The van der Waals surface area contributed by atoms with E-state index in [-0.39, 0.29) is 0 Å². The van der Waals surface area contributed by atoms with Gasteiger partial charge in [-0.2, -0.15) is 0 Å². The summed E-state index contributed by atoms with van der Waals surface area (Å²) in [7, 11) is 1.68. The second-order valence-corrected chi connectivity index (χ2v) is 4.32. The van der Waals surface area contributed by atoms with Crippen molar-refractivity contribution in [2.24, 2.45) is 0 Å². The lowest BCUT2D eigenvalue weighted by molar-refractivity contribution is 0.410. The summed E-state index contributed by atoms with van der Waals surface area (Å²) in [4.78, 5) is 3.78. The van der Waals surface area contributed by atoms with Crippen LogP contribution in [0.3, 0.4) is 0 Å². The minimum atomic E-state index is 0.510. The molecule has 0 amide bonds. The lowest BCUT2D eigenvalue weighted by atomic mass is 10.1. The fourth-order valence-corrected chi connectivity index (χ4v) is 1.88. The molecule has 2 aromatic rings. The van der Waals surface area contributed by atoms with Crippen molar-refractivity contribution in [3.05, 3.63) is 59.9 Å². The maximum Gasteiger partial charge on any atom is 0.123 e. The highest BCUT2D eigenvalue weighted by molar-refractivity contribution is 6.17. The molecule has 0 aliphatic carbocycles. The van der Waals surface area contributed by atoms with Crippen LogP contribution >= 0.6 is 11.6 Å². The van der Waals surface area contributed by atoms with Crippen LogP contribution in [-0.4, -0.2) is 12.1 Å². The Balaban J connectivity index is 0.000000250. The summed E-state index contributed by atoms with van der Waals surface area (Å²) in [6.45, 7) is 2.17. The quantitative estimate of drug-likeness (QED) is 0.770. The molecular formula is C16H20ClNO. The summed E-state index contributed by atoms with van der Waals surface area (Å²) < 4.78 is 5.24. The van der Waals surface area contributed by atoms with Gasteiger partial charge in [-0.05, 0) is 30.2 Å². The van der Waals surface area contributed by atoms with Crippen molar-refractivity contribution in [2.75, 3.05) is 7.11 Å². The molecule has 19 heavy (non-hydrogen) atoms. The van der Waals surface area contributed by atoms with Gasteiger partial charge in [-0.3, -0.25) is 4.98 Å². The first-order valence-electron chi connectivity index (χ1n) is 6.38. The Morgan fingerprint density at radius 3 is 2.32 bits per heavy atom. The number of pyridine rings is 1. The van der Waals surface area contributed by atoms with Gasteiger partial charge in [0.2, 0.25) is 0 Å². The Labute approximate surface area is 120 Å². The zero-order chi connectivity index (χ0) is 13.9. The number of methoxy groups -OCH3 is 1. The number of aromatic nitrogens is 1. The van der Waals surface area contributed by atoms with E-state index in [1.165, 1.54) is 5.56 Å². The van der Waals surface area contributed by atoms with Crippen LogP contribution in [0.5, 0.6) is 5.75 Å². The van der Waals surface area contributed by atoms with Crippen molar-refractivity contribution in [1.82, 2.24) is 4.98 Å². The molecule has 0 bridgehead atoms. The van der Waals surface area contributed by atoms with Gasteiger partial charge >= 0.3 is 0 Å². The average molecular weight is 278 g/mol. The lowest BCUT2D eigenvalue weighted by Crippen LogP contribution is -1.92. The molecule has 0 unspecified atom stereocenters. The first kappa shape index (κ1) is 15.5. The number of hydrogen-bond donors (Lipinski definition) is 0. The molecule has 3 heteroatoms. The van der Waals surface area contributed by atoms with Crippen molar-refractivity contribution in [3.63, 3.8) is 0 Å². The summed E-state index contributed by atoms with van der Waals surface area (Å²) in [6.07, 6.45) is 5.75. The van der Waals surface area contributed by atoms with Crippen LogP contribution in [0.15, 0.2) is 48.8 Å². The van der Waals surface area contributed by atoms with E-state index >= 15 is 0 Å². The molecule has 0 saturated heterocycles. The summed E-state index contributed by atoms with van der Waals surface area (Å²) >= 11 is 5.76. The van der Waals surface area contributed by atoms with Gasteiger partial charge in [0.05, 0.1) is 13.0 Å². The Kier molecular flexibility index (Phi) is 7.68. The third kappa shape index (κ3) is 5.75. The topological polar surface area (TPSA) is 22.1 Å². The van der Waals surface area contributed by atoms with Crippen molar-refractivity contribution < 1.29 is 4.74 Å². The Bertz CT molecular complexity index is 433. The van der Waals surface area contributed by atoms with E-state index in [1.807, 2.05) is 24.3 Å². The monoisotopic (exact) mass is 277 g/mol. The van der Waals surface area contributed by atoms with Crippen LogP contribution in [-0.2, 0) is 12.3 Å². The van der Waals surface area contributed by atoms with Crippen LogP contribution in [0.1, 0.15) is 24.5 Å². The van der Waals surface area contributed by atoms with Crippen LogP contribution < -0.4 is 4.74 Å². The van der Waals surface area contributed by atoms with E-state index in [2.05, 4.69) is 24.0 Å². The molecule has 0 spiro atoms. The summed E-state index contributed by atoms with van der Waals surface area (Å²) in [5.74, 6) is 1.41. The second kappa shape index (κ2) is 9.40. The zero-order valence-corrected chi connectivity index (χ0v) is 12.2. The van der Waals surface area contributed by atoms with Crippen LogP contribution in [0.2, 0.25) is 0 Å². The number of rotatable bonds is 4. The van der Waals surface area contributed by atoms with Gasteiger partial charge in [0.1, 0.15) is 5.75 Å². The van der Waals surface area contributed by atoms with Crippen molar-refractivity contribution in [2.45, 2.75) is 25.6 Å². The zero-order valence-electron chi connectivity index (χ0n) is 11.5. The van der Waals surface area contributed by atoms with Gasteiger partial charge in [-0.15, -0.1) is 11.6 Å². The normalized spacial score (nSPS) is 9.42. The van der Waals surface area contributed by atoms with Crippen LogP contribution in [0.4, 0.5) is 0 Å². The highest BCUT2D eigenvalue weighted by Crippen LogP contribution is 2.22. The third-order valence-electron chi connectivity index (χ3n) is 2.60. The first-order valence-corrected chi connectivity index (χ1v) is 6.92. The van der Waals surface area contributed by atoms with E-state index in [4.69, 9.17) is 16.3 Å². The number of halogens is 1. The minimum absolute atomic E-state index is 0.510. The standard InChI is InChI=1S/C11H15ClO.C5H5N/c1-3-4-9-5-6-10(8-12)11(7-9)13-2;1-2-4-6-5-3-1/h5-7H,3-4,8H2,1-2H3;1-5H. The fraction of sp³-hybridized carbons (Fsp3) is 0.312. The summed E-state index contributed by atoms with van der Waals surface area (Å²) in [5, 5.41) is 0. The molecular weight excluding hydrogens is 258 g/mol. The van der Waals surface area contributed by atoms with Crippen LogP contribution in [0.25, 0.3) is 0 Å². The van der Waals surface area contributed by atoms with Gasteiger partial charge in [0.15, 0.2) is 0 Å². The number of aryl methyl sites for hydroxylation is 1. The molecule has 1 aromatic carbocycles. The Morgan fingerprint density at radius 2 is 1.89 bits per heavy atom. The maximum absolute atomic E-state index is 5.76. The number of hydrogen-bond acceptors (Lipinski definition) is 2. The number of nitrogens with zero attached hydrogens (tertiary/aromatic N) is 1. The molecule has 0 atom stereocenters. The molecule has 0 radical (unpaired) electrons. The predicted molar refractivity (Wildman–Crippen MR) is 80.8 cm³/mol. The average Bonchev–Trinajstić information content (AvgIpc) is 2.50. The predicted octanol–water partition coefficient (Wildman–Crippen LogP) is 4.47. The highest BCUT2D eigenvalue weighted by Gasteiger charge is 2.02. The maximum atomic E-state index is 5.76. The minimum Gasteiger partial charge on any atom is -0.496 e. The molecule has 0 N–H and O–H groups in total. The van der Waals surface area contributed by atoms with E-state index in [0.29, 0.717) is 5.88 Å². The Hall–Kier alpha value is -1.54. The summed E-state index contributed by atoms with van der Waals surface area (Å²) in [6, 6.07) is 11.9. The largest absolute Gasteiger partial charge is 0.496 e. The number of benzene rings is 1. The van der Waals surface area contributed by atoms with Gasteiger partial charge < -0.3 is 4.74 Å². The van der Waals surface area contributed by atoms with Crippen molar-refractivity contribution in [3.8, 4) is 5.75 Å². The molecule has 102 valence electrons. The van der Waals surface area contributed by atoms with Crippen molar-refractivity contribution >= 4 is 11.6 Å². The Morgan fingerprint density at radius 1 is 1.16 bits per heavy atom. The highest BCUT2D eigenvalue weighted by atomic mass is 35.5. The summed E-state index contributed by atoms with van der Waals surface area (Å²) in [5.41, 5.74) is 2.37. The number of ether oxygens (including phenoxy) is 1. The van der Waals surface area contributed by atoms with E-state index < -0.39 is 0 Å². The van der Waals surface area contributed by atoms with Gasteiger partial charge in [-0.1, -0.05) is 31.5 Å². The van der Waals surface area contributed by atoms with Gasteiger partial charge in [0, 0.05) is 18.0 Å². The first-order chi connectivity index (χ1) is 9.31. The third-order valence-corrected chi connectivity index (χ3v) is 2.89. The number of alkyl halides is 1. The fourth-order valence-electron chi connectivity index (χ4n) is 1.66. The van der Waals surface area contributed by atoms with E-state index in [0.717, 1.165) is 24.2 Å². The molecule has 1 heterocycles. The molecule has 0 aliphatic rings. The molecule has 2 rings (SSSR count). The lowest BCUT2D eigenvalue weighted by Gasteiger charge is -2.07. The second-order valence-electron chi connectivity index (χ2n) is 4.05. The molecule has 0 aliphatic heterocycles. The molecule has 2 nitrogen and oxygen atoms in total. The molecule has 1 aromatic heterocycles. The van der Waals surface area contributed by atoms with Crippen molar-refractivity contribution in [1.29, 1.82) is 0 Å². The smallest absolute Gasteiger partial charge is 0.123 e. The van der Waals surface area contributed by atoms with E-state index in [9.17, 15) is 0 Å². The van der Waals surface area contributed by atoms with Gasteiger partial charge in [0.25, 0.3) is 0 Å². The van der Waals surface area contributed by atoms with Gasteiger partial charge in [-0.25, -0.2) is 0 Å².